The summed E-state index contributed by atoms with van der Waals surface area (Å²) in [5, 5.41) is 18.9. The van der Waals surface area contributed by atoms with Gasteiger partial charge in [-0.15, -0.1) is 0 Å². The van der Waals surface area contributed by atoms with Gasteiger partial charge in [-0.25, -0.2) is 9.97 Å². The molecule has 8 heteroatoms. The molecule has 0 unspecified atom stereocenters. The summed E-state index contributed by atoms with van der Waals surface area (Å²) < 4.78 is 1.13. The summed E-state index contributed by atoms with van der Waals surface area (Å²) in [6.07, 6.45) is -0.961. The van der Waals surface area contributed by atoms with E-state index in [4.69, 9.17) is 5.73 Å². The number of hydrogen-bond donors (Lipinski definition) is 3. The van der Waals surface area contributed by atoms with Crippen LogP contribution in [0.15, 0.2) is 11.0 Å². The maximum absolute atomic E-state index is 11.9. The van der Waals surface area contributed by atoms with E-state index < -0.39 is 17.8 Å². The SMILES string of the molecule is C[C@H](O)[C@H](O)c1cnc2nc(N)n(C)c(=O)c2n1. The summed E-state index contributed by atoms with van der Waals surface area (Å²) in [5.74, 6) is 0.0330. The summed E-state index contributed by atoms with van der Waals surface area (Å²) in [6, 6.07) is 0. The molecule has 0 aliphatic rings. The van der Waals surface area contributed by atoms with Gasteiger partial charge in [-0.3, -0.25) is 9.36 Å². The number of nitrogens with two attached hydrogens (primary N) is 1. The fraction of sp³-hybridized carbons (Fsp3) is 0.400. The van der Waals surface area contributed by atoms with Gasteiger partial charge in [-0.2, -0.15) is 4.98 Å². The number of rotatable bonds is 2. The molecule has 18 heavy (non-hydrogen) atoms. The summed E-state index contributed by atoms with van der Waals surface area (Å²) >= 11 is 0. The largest absolute Gasteiger partial charge is 0.390 e. The molecule has 0 fully saturated rings. The van der Waals surface area contributed by atoms with Crippen LogP contribution in [-0.4, -0.2) is 35.8 Å². The van der Waals surface area contributed by atoms with Crippen molar-refractivity contribution in [1.29, 1.82) is 0 Å². The van der Waals surface area contributed by atoms with E-state index in [1.807, 2.05) is 0 Å². The van der Waals surface area contributed by atoms with Gasteiger partial charge in [0, 0.05) is 7.05 Å². The van der Waals surface area contributed by atoms with Crippen LogP contribution in [0.2, 0.25) is 0 Å². The lowest BCUT2D eigenvalue weighted by Gasteiger charge is -2.12. The number of aliphatic hydroxyl groups is 2. The second kappa shape index (κ2) is 4.31. The van der Waals surface area contributed by atoms with E-state index in [0.717, 1.165) is 4.57 Å². The molecule has 2 rings (SSSR count). The first-order valence-corrected chi connectivity index (χ1v) is 5.27. The molecule has 0 aliphatic carbocycles. The fourth-order valence-electron chi connectivity index (χ4n) is 1.46. The molecule has 0 radical (unpaired) electrons. The summed E-state index contributed by atoms with van der Waals surface area (Å²) in [7, 11) is 1.46. The van der Waals surface area contributed by atoms with Gasteiger partial charge in [0.2, 0.25) is 5.95 Å². The average molecular weight is 251 g/mol. The van der Waals surface area contributed by atoms with Gasteiger partial charge in [0.25, 0.3) is 5.56 Å². The summed E-state index contributed by atoms with van der Waals surface area (Å²) in [4.78, 5) is 23.7. The van der Waals surface area contributed by atoms with Crippen LogP contribution in [-0.2, 0) is 7.05 Å². The van der Waals surface area contributed by atoms with Crippen molar-refractivity contribution in [2.45, 2.75) is 19.1 Å². The second-order valence-corrected chi connectivity index (χ2v) is 3.99. The normalized spacial score (nSPS) is 14.7. The number of nitrogens with zero attached hydrogens (tertiary/aromatic N) is 4. The zero-order chi connectivity index (χ0) is 13.4. The van der Waals surface area contributed by atoms with Crippen molar-refractivity contribution in [1.82, 2.24) is 19.5 Å². The summed E-state index contributed by atoms with van der Waals surface area (Å²) in [5.41, 5.74) is 5.30. The van der Waals surface area contributed by atoms with Crippen molar-refractivity contribution in [3.63, 3.8) is 0 Å². The lowest BCUT2D eigenvalue weighted by atomic mass is 10.2. The average Bonchev–Trinajstić information content (AvgIpc) is 2.35. The molecule has 0 amide bonds. The topological polar surface area (TPSA) is 127 Å². The molecule has 0 saturated carbocycles. The van der Waals surface area contributed by atoms with Crippen LogP contribution in [0.3, 0.4) is 0 Å². The highest BCUT2D eigenvalue weighted by Gasteiger charge is 2.18. The lowest BCUT2D eigenvalue weighted by Crippen LogP contribution is -2.24. The Hall–Kier alpha value is -2.06. The zero-order valence-corrected chi connectivity index (χ0v) is 9.90. The van der Waals surface area contributed by atoms with Crippen LogP contribution in [0.25, 0.3) is 11.2 Å². The summed E-state index contributed by atoms with van der Waals surface area (Å²) in [6.45, 7) is 1.41. The highest BCUT2D eigenvalue weighted by atomic mass is 16.3. The number of anilines is 1. The quantitative estimate of drug-likeness (QED) is 0.606. The Morgan fingerprint density at radius 2 is 2.06 bits per heavy atom. The zero-order valence-electron chi connectivity index (χ0n) is 9.90. The first-order valence-electron chi connectivity index (χ1n) is 5.27. The van der Waals surface area contributed by atoms with E-state index in [9.17, 15) is 15.0 Å². The predicted octanol–water partition coefficient (Wildman–Crippen LogP) is -1.28. The number of fused-ring (bicyclic) bond motifs is 1. The standard InChI is InChI=1S/C10H13N5O3/c1-4(16)7(17)5-3-12-8-6(13-5)9(18)15(2)10(11)14-8/h3-4,7,16-17H,1-2H3,(H2,11,12,14)/t4-,7-/m0/s1. The van der Waals surface area contributed by atoms with Gasteiger partial charge in [0.05, 0.1) is 18.0 Å². The Labute approximate surface area is 102 Å². The van der Waals surface area contributed by atoms with Crippen molar-refractivity contribution < 1.29 is 10.2 Å². The Bertz CT molecular complexity index is 652. The van der Waals surface area contributed by atoms with Crippen molar-refractivity contribution in [2.75, 3.05) is 5.73 Å². The molecule has 4 N–H and O–H groups in total. The highest BCUT2D eigenvalue weighted by molar-refractivity contribution is 5.69. The molecule has 0 aromatic carbocycles. The van der Waals surface area contributed by atoms with Gasteiger partial charge in [-0.05, 0) is 6.92 Å². The van der Waals surface area contributed by atoms with E-state index in [0.29, 0.717) is 0 Å². The minimum atomic E-state index is -1.20. The minimum Gasteiger partial charge on any atom is -0.390 e. The smallest absolute Gasteiger partial charge is 0.282 e. The van der Waals surface area contributed by atoms with E-state index in [-0.39, 0.29) is 22.8 Å². The maximum Gasteiger partial charge on any atom is 0.282 e. The number of aliphatic hydroxyl groups excluding tert-OH is 2. The van der Waals surface area contributed by atoms with E-state index >= 15 is 0 Å². The Morgan fingerprint density at radius 1 is 1.39 bits per heavy atom. The lowest BCUT2D eigenvalue weighted by molar-refractivity contribution is 0.0278. The third-order valence-corrected chi connectivity index (χ3v) is 2.60. The van der Waals surface area contributed by atoms with Crippen LogP contribution in [0.4, 0.5) is 5.95 Å². The predicted molar refractivity (Wildman–Crippen MR) is 63.6 cm³/mol. The van der Waals surface area contributed by atoms with Crippen molar-refractivity contribution >= 4 is 17.1 Å². The Kier molecular flexibility index (Phi) is 2.97. The van der Waals surface area contributed by atoms with Crippen molar-refractivity contribution in [3.8, 4) is 0 Å². The van der Waals surface area contributed by atoms with Gasteiger partial charge >= 0.3 is 0 Å². The molecule has 0 spiro atoms. The second-order valence-electron chi connectivity index (χ2n) is 3.99. The van der Waals surface area contributed by atoms with Crippen LogP contribution < -0.4 is 11.3 Å². The molecule has 0 saturated heterocycles. The van der Waals surface area contributed by atoms with E-state index in [2.05, 4.69) is 15.0 Å². The molecule has 0 bridgehead atoms. The Morgan fingerprint density at radius 3 is 2.67 bits per heavy atom. The highest BCUT2D eigenvalue weighted by Crippen LogP contribution is 2.15. The number of hydrogen-bond acceptors (Lipinski definition) is 7. The van der Waals surface area contributed by atoms with Crippen molar-refractivity contribution in [2.24, 2.45) is 7.05 Å². The molecule has 0 aliphatic heterocycles. The molecule has 2 aromatic heterocycles. The van der Waals surface area contributed by atoms with Gasteiger partial charge < -0.3 is 15.9 Å². The number of nitrogen functional groups attached to an aromatic ring is 1. The molecule has 2 heterocycles. The molecular weight excluding hydrogens is 238 g/mol. The molecule has 2 atom stereocenters. The van der Waals surface area contributed by atoms with Crippen LogP contribution >= 0.6 is 0 Å². The van der Waals surface area contributed by atoms with Crippen LogP contribution in [0, 0.1) is 0 Å². The van der Waals surface area contributed by atoms with Gasteiger partial charge in [0.15, 0.2) is 11.2 Å². The van der Waals surface area contributed by atoms with Crippen molar-refractivity contribution in [3.05, 3.63) is 22.2 Å². The first-order chi connectivity index (χ1) is 8.41. The van der Waals surface area contributed by atoms with E-state index in [1.54, 1.807) is 0 Å². The monoisotopic (exact) mass is 251 g/mol. The fourth-order valence-corrected chi connectivity index (χ4v) is 1.46. The van der Waals surface area contributed by atoms with Gasteiger partial charge in [0.1, 0.15) is 6.10 Å². The Balaban J connectivity index is 2.69. The number of aromatic nitrogens is 4. The molecular formula is C10H13N5O3. The molecule has 96 valence electrons. The first kappa shape index (κ1) is 12.4. The van der Waals surface area contributed by atoms with Gasteiger partial charge in [-0.1, -0.05) is 0 Å². The minimum absolute atomic E-state index is 0.00361. The molecule has 8 nitrogen and oxygen atoms in total. The van der Waals surface area contributed by atoms with Crippen LogP contribution in [0.1, 0.15) is 18.7 Å². The maximum atomic E-state index is 11.9. The third-order valence-electron chi connectivity index (χ3n) is 2.60. The third kappa shape index (κ3) is 1.91. The van der Waals surface area contributed by atoms with E-state index in [1.165, 1.54) is 20.2 Å². The van der Waals surface area contributed by atoms with Crippen LogP contribution in [0.5, 0.6) is 0 Å². The molecule has 2 aromatic rings.